The van der Waals surface area contributed by atoms with Crippen LogP contribution in [0.5, 0.6) is 0 Å². The van der Waals surface area contributed by atoms with Crippen LogP contribution < -0.4 is 0 Å². The predicted molar refractivity (Wildman–Crippen MR) is 89.3 cm³/mol. The van der Waals surface area contributed by atoms with Crippen LogP contribution >= 0.6 is 0 Å². The molecule has 1 aromatic heterocycles. The van der Waals surface area contributed by atoms with Crippen LogP contribution in [-0.4, -0.2) is 22.6 Å². The average Bonchev–Trinajstić information content (AvgIpc) is 3.03. The molecule has 1 heterocycles. The monoisotopic (exact) mass is 306 g/mol. The average molecular weight is 306 g/mol. The van der Waals surface area contributed by atoms with Gasteiger partial charge in [-0.15, -0.1) is 0 Å². The summed E-state index contributed by atoms with van der Waals surface area (Å²) < 4.78 is 6.81. The predicted octanol–water partition coefficient (Wildman–Crippen LogP) is 3.69. The summed E-state index contributed by atoms with van der Waals surface area (Å²) in [5, 5.41) is 0. The fourth-order valence-corrected chi connectivity index (χ4v) is 2.47. The van der Waals surface area contributed by atoms with Gasteiger partial charge in [-0.05, 0) is 30.2 Å². The molecule has 0 amide bonds. The molecule has 0 spiro atoms. The Morgan fingerprint density at radius 2 is 1.78 bits per heavy atom. The number of methoxy groups -OCH3 is 1. The van der Waals surface area contributed by atoms with E-state index in [0.29, 0.717) is 12.1 Å². The summed E-state index contributed by atoms with van der Waals surface area (Å²) in [6, 6.07) is 15.8. The molecule has 0 aliphatic rings. The Balaban J connectivity index is 1.83. The fourth-order valence-electron chi connectivity index (χ4n) is 2.47. The number of aryl methyl sites for hydroxylation is 1. The second kappa shape index (κ2) is 6.48. The highest BCUT2D eigenvalue weighted by Crippen LogP contribution is 2.20. The van der Waals surface area contributed by atoms with Gasteiger partial charge in [0.05, 0.1) is 30.9 Å². The van der Waals surface area contributed by atoms with Gasteiger partial charge in [0.15, 0.2) is 0 Å². The summed E-state index contributed by atoms with van der Waals surface area (Å²) in [7, 11) is 1.38. The van der Waals surface area contributed by atoms with Gasteiger partial charge in [-0.2, -0.15) is 0 Å². The normalized spacial score (nSPS) is 10.5. The Kier molecular flexibility index (Phi) is 4.24. The molecule has 23 heavy (non-hydrogen) atoms. The zero-order chi connectivity index (χ0) is 16.2. The molecule has 3 aromatic rings. The van der Waals surface area contributed by atoms with Crippen LogP contribution in [0, 0.1) is 6.92 Å². The van der Waals surface area contributed by atoms with Crippen molar-refractivity contribution in [3.63, 3.8) is 0 Å². The first-order valence-electron chi connectivity index (χ1n) is 7.42. The lowest BCUT2D eigenvalue weighted by atomic mass is 10.1. The van der Waals surface area contributed by atoms with Crippen LogP contribution in [-0.2, 0) is 11.3 Å². The summed E-state index contributed by atoms with van der Waals surface area (Å²) in [6.45, 7) is 2.77. The molecule has 0 saturated carbocycles. The summed E-state index contributed by atoms with van der Waals surface area (Å²) in [4.78, 5) is 15.7. The van der Waals surface area contributed by atoms with Gasteiger partial charge in [0, 0.05) is 6.54 Å². The van der Waals surface area contributed by atoms with E-state index in [0.717, 1.165) is 16.8 Å². The van der Waals surface area contributed by atoms with E-state index >= 15 is 0 Å². The highest BCUT2D eigenvalue weighted by molar-refractivity contribution is 5.89. The number of imidazole rings is 1. The molecule has 116 valence electrons. The number of esters is 1. The summed E-state index contributed by atoms with van der Waals surface area (Å²) in [5.74, 6) is -0.320. The molecule has 4 nitrogen and oxygen atoms in total. The van der Waals surface area contributed by atoms with Crippen molar-refractivity contribution in [2.75, 3.05) is 7.11 Å². The van der Waals surface area contributed by atoms with Crippen molar-refractivity contribution < 1.29 is 9.53 Å². The summed E-state index contributed by atoms with van der Waals surface area (Å²) in [5.41, 5.74) is 5.10. The number of carbonyl (C=O) groups excluding carboxylic acids is 1. The maximum Gasteiger partial charge on any atom is 0.337 e. The zero-order valence-corrected chi connectivity index (χ0v) is 13.2. The van der Waals surface area contributed by atoms with Crippen molar-refractivity contribution in [2.24, 2.45) is 0 Å². The Bertz CT molecular complexity index is 802. The van der Waals surface area contributed by atoms with Crippen molar-refractivity contribution in [1.82, 2.24) is 9.55 Å². The first kappa shape index (κ1) is 15.0. The van der Waals surface area contributed by atoms with Gasteiger partial charge in [0.25, 0.3) is 0 Å². The molecule has 0 radical (unpaired) electrons. The SMILES string of the molecule is COC(=O)c1ccc(Cn2cncc2-c2ccc(C)cc2)cc1. The van der Waals surface area contributed by atoms with Gasteiger partial charge >= 0.3 is 5.97 Å². The van der Waals surface area contributed by atoms with Gasteiger partial charge in [0.1, 0.15) is 0 Å². The van der Waals surface area contributed by atoms with E-state index in [2.05, 4.69) is 40.7 Å². The minimum Gasteiger partial charge on any atom is -0.465 e. The number of rotatable bonds is 4. The fraction of sp³-hybridized carbons (Fsp3) is 0.158. The van der Waals surface area contributed by atoms with Gasteiger partial charge in [-0.25, -0.2) is 9.78 Å². The van der Waals surface area contributed by atoms with Crippen LogP contribution in [0.2, 0.25) is 0 Å². The molecule has 0 aliphatic heterocycles. The number of hydrogen-bond donors (Lipinski definition) is 0. The highest BCUT2D eigenvalue weighted by Gasteiger charge is 2.07. The minimum absolute atomic E-state index is 0.320. The largest absolute Gasteiger partial charge is 0.465 e. The molecular weight excluding hydrogens is 288 g/mol. The minimum atomic E-state index is -0.320. The Morgan fingerprint density at radius 1 is 1.09 bits per heavy atom. The third-order valence-corrected chi connectivity index (χ3v) is 3.79. The maximum atomic E-state index is 11.5. The van der Waals surface area contributed by atoms with Crippen LogP contribution in [0.25, 0.3) is 11.3 Å². The van der Waals surface area contributed by atoms with Crippen molar-refractivity contribution in [3.8, 4) is 11.3 Å². The number of hydrogen-bond acceptors (Lipinski definition) is 3. The van der Waals surface area contributed by atoms with E-state index in [1.165, 1.54) is 12.7 Å². The first-order valence-corrected chi connectivity index (χ1v) is 7.42. The van der Waals surface area contributed by atoms with Crippen molar-refractivity contribution in [2.45, 2.75) is 13.5 Å². The third kappa shape index (κ3) is 3.31. The number of carbonyl (C=O) groups is 1. The van der Waals surface area contributed by atoms with Crippen LogP contribution in [0.1, 0.15) is 21.5 Å². The lowest BCUT2D eigenvalue weighted by molar-refractivity contribution is 0.0600. The Morgan fingerprint density at radius 3 is 2.43 bits per heavy atom. The second-order valence-electron chi connectivity index (χ2n) is 5.46. The first-order chi connectivity index (χ1) is 11.2. The number of benzene rings is 2. The van der Waals surface area contributed by atoms with Crippen LogP contribution in [0.15, 0.2) is 61.1 Å². The molecule has 0 N–H and O–H groups in total. The standard InChI is InChI=1S/C19H18N2O2/c1-14-3-7-16(8-4-14)18-11-20-13-21(18)12-15-5-9-17(10-6-15)19(22)23-2/h3-11,13H,12H2,1-2H3. The molecule has 3 rings (SSSR count). The highest BCUT2D eigenvalue weighted by atomic mass is 16.5. The van der Waals surface area contributed by atoms with Gasteiger partial charge < -0.3 is 9.30 Å². The van der Waals surface area contributed by atoms with Gasteiger partial charge in [-0.1, -0.05) is 42.0 Å². The molecule has 4 heteroatoms. The molecule has 2 aromatic carbocycles. The van der Waals surface area contributed by atoms with Crippen LogP contribution in [0.3, 0.4) is 0 Å². The number of ether oxygens (including phenoxy) is 1. The van der Waals surface area contributed by atoms with E-state index in [-0.39, 0.29) is 5.97 Å². The van der Waals surface area contributed by atoms with E-state index in [1.807, 2.05) is 24.7 Å². The van der Waals surface area contributed by atoms with Gasteiger partial charge in [-0.3, -0.25) is 0 Å². The lowest BCUT2D eigenvalue weighted by Crippen LogP contribution is -2.03. The molecule has 0 saturated heterocycles. The number of aromatic nitrogens is 2. The second-order valence-corrected chi connectivity index (χ2v) is 5.46. The Labute approximate surface area is 135 Å². The van der Waals surface area contributed by atoms with Crippen molar-refractivity contribution in [1.29, 1.82) is 0 Å². The molecule has 0 atom stereocenters. The topological polar surface area (TPSA) is 44.1 Å². The van der Waals surface area contributed by atoms with E-state index in [9.17, 15) is 4.79 Å². The summed E-state index contributed by atoms with van der Waals surface area (Å²) in [6.07, 6.45) is 3.69. The third-order valence-electron chi connectivity index (χ3n) is 3.79. The maximum absolute atomic E-state index is 11.5. The molecule has 0 bridgehead atoms. The van der Waals surface area contributed by atoms with Gasteiger partial charge in [0.2, 0.25) is 0 Å². The smallest absolute Gasteiger partial charge is 0.337 e. The van der Waals surface area contributed by atoms with E-state index < -0.39 is 0 Å². The lowest BCUT2D eigenvalue weighted by Gasteiger charge is -2.09. The molecule has 0 aliphatic carbocycles. The molecule has 0 fully saturated rings. The summed E-state index contributed by atoms with van der Waals surface area (Å²) >= 11 is 0. The molecular formula is C19H18N2O2. The Hall–Kier alpha value is -2.88. The van der Waals surface area contributed by atoms with E-state index in [1.54, 1.807) is 12.1 Å². The van der Waals surface area contributed by atoms with Crippen molar-refractivity contribution in [3.05, 3.63) is 77.7 Å². The zero-order valence-electron chi connectivity index (χ0n) is 13.2. The van der Waals surface area contributed by atoms with Crippen molar-refractivity contribution >= 4 is 5.97 Å². The quantitative estimate of drug-likeness (QED) is 0.690. The van der Waals surface area contributed by atoms with E-state index in [4.69, 9.17) is 4.74 Å². The number of nitrogens with zero attached hydrogens (tertiary/aromatic N) is 2. The molecule has 0 unspecified atom stereocenters. The van der Waals surface area contributed by atoms with Crippen LogP contribution in [0.4, 0.5) is 0 Å².